The number of allylic oxidation sites excluding steroid dienone is 3. The molecular formula is C9H15N. The molecule has 0 saturated carbocycles. The second kappa shape index (κ2) is 4.98. The van der Waals surface area contributed by atoms with Crippen LogP contribution in [0.5, 0.6) is 0 Å². The van der Waals surface area contributed by atoms with E-state index >= 15 is 0 Å². The predicted octanol–water partition coefficient (Wildman–Crippen LogP) is 2.95. The van der Waals surface area contributed by atoms with Crippen LogP contribution >= 0.6 is 0 Å². The molecule has 0 atom stereocenters. The zero-order valence-corrected chi connectivity index (χ0v) is 7.02. The van der Waals surface area contributed by atoms with Gasteiger partial charge in [0.15, 0.2) is 0 Å². The molecule has 0 rings (SSSR count). The van der Waals surface area contributed by atoms with Gasteiger partial charge in [-0.3, -0.25) is 4.99 Å². The number of aliphatic imine (C=N–C) groups is 1. The minimum absolute atomic E-state index is 0.969. The summed E-state index contributed by atoms with van der Waals surface area (Å²) >= 11 is 0. The molecule has 0 unspecified atom stereocenters. The molecule has 0 aliphatic rings. The zero-order chi connectivity index (χ0) is 7.98. The Balaban J connectivity index is 4.22. The van der Waals surface area contributed by atoms with Crippen molar-refractivity contribution in [3.8, 4) is 0 Å². The Hall–Kier alpha value is -0.850. The summed E-state index contributed by atoms with van der Waals surface area (Å²) in [7, 11) is 0. The molecule has 0 bridgehead atoms. The molecule has 0 radical (unpaired) electrons. The number of rotatable bonds is 3. The number of hydrogen-bond donors (Lipinski definition) is 0. The van der Waals surface area contributed by atoms with E-state index in [0.29, 0.717) is 0 Å². The first-order chi connectivity index (χ1) is 4.70. The molecule has 0 aliphatic heterocycles. The van der Waals surface area contributed by atoms with Crippen LogP contribution in [0.1, 0.15) is 27.2 Å². The normalized spacial score (nSPS) is 10.9. The van der Waals surface area contributed by atoms with E-state index in [-0.39, 0.29) is 0 Å². The Morgan fingerprint density at radius 3 is 2.40 bits per heavy atom. The van der Waals surface area contributed by atoms with Crippen LogP contribution in [0.4, 0.5) is 0 Å². The van der Waals surface area contributed by atoms with Crippen molar-refractivity contribution in [2.45, 2.75) is 27.2 Å². The molecule has 0 amide bonds. The molecule has 0 saturated heterocycles. The fourth-order valence-corrected chi connectivity index (χ4v) is 0.657. The molecule has 0 spiro atoms. The number of hydrogen-bond acceptors (Lipinski definition) is 1. The van der Waals surface area contributed by atoms with E-state index in [1.165, 1.54) is 0 Å². The fourth-order valence-electron chi connectivity index (χ4n) is 0.657. The Morgan fingerprint density at radius 2 is 2.10 bits per heavy atom. The van der Waals surface area contributed by atoms with Crippen molar-refractivity contribution in [1.82, 2.24) is 0 Å². The van der Waals surface area contributed by atoms with Gasteiger partial charge in [0.05, 0.1) is 0 Å². The summed E-state index contributed by atoms with van der Waals surface area (Å²) in [6.45, 7) is 9.68. The van der Waals surface area contributed by atoms with Gasteiger partial charge in [0.2, 0.25) is 0 Å². The van der Waals surface area contributed by atoms with Crippen LogP contribution in [0.15, 0.2) is 29.4 Å². The third-order valence-electron chi connectivity index (χ3n) is 1.04. The Bertz CT molecular complexity index is 157. The van der Waals surface area contributed by atoms with Gasteiger partial charge in [-0.05, 0) is 26.3 Å². The lowest BCUT2D eigenvalue weighted by molar-refractivity contribution is 1.06. The molecule has 0 aromatic rings. The minimum atomic E-state index is 0.969. The minimum Gasteiger partial charge on any atom is -0.263 e. The van der Waals surface area contributed by atoms with E-state index in [2.05, 4.69) is 18.5 Å². The Labute approximate surface area is 63.2 Å². The molecular weight excluding hydrogens is 122 g/mol. The standard InChI is InChI=1S/C9H15N/c1-5-7-9(6-2)10-8(3)4/h5,7H,1,6H2,2-4H3/b9-7-. The van der Waals surface area contributed by atoms with Gasteiger partial charge in [-0.1, -0.05) is 19.6 Å². The molecule has 0 aromatic heterocycles. The highest BCUT2D eigenvalue weighted by Crippen LogP contribution is 2.02. The van der Waals surface area contributed by atoms with Crippen LogP contribution in [0.2, 0.25) is 0 Å². The van der Waals surface area contributed by atoms with E-state index in [1.807, 2.05) is 19.9 Å². The van der Waals surface area contributed by atoms with Crippen molar-refractivity contribution in [2.75, 3.05) is 0 Å². The van der Waals surface area contributed by atoms with E-state index in [9.17, 15) is 0 Å². The Morgan fingerprint density at radius 1 is 1.50 bits per heavy atom. The highest BCUT2D eigenvalue weighted by molar-refractivity contribution is 5.80. The summed E-state index contributed by atoms with van der Waals surface area (Å²) in [5, 5.41) is 0. The lowest BCUT2D eigenvalue weighted by atomic mass is 10.3. The van der Waals surface area contributed by atoms with Gasteiger partial charge in [0.25, 0.3) is 0 Å². The van der Waals surface area contributed by atoms with Crippen LogP contribution < -0.4 is 0 Å². The Kier molecular flexibility index (Phi) is 4.55. The van der Waals surface area contributed by atoms with Gasteiger partial charge >= 0.3 is 0 Å². The maximum Gasteiger partial charge on any atom is 0.0399 e. The maximum atomic E-state index is 4.29. The van der Waals surface area contributed by atoms with Crippen LogP contribution in [0.25, 0.3) is 0 Å². The zero-order valence-electron chi connectivity index (χ0n) is 7.02. The largest absolute Gasteiger partial charge is 0.263 e. The van der Waals surface area contributed by atoms with Crippen molar-refractivity contribution in [3.05, 3.63) is 24.4 Å². The number of nitrogens with zero attached hydrogens (tertiary/aromatic N) is 1. The smallest absolute Gasteiger partial charge is 0.0399 e. The third kappa shape index (κ3) is 4.07. The average Bonchev–Trinajstić information content (AvgIpc) is 1.86. The highest BCUT2D eigenvalue weighted by Gasteiger charge is 1.86. The topological polar surface area (TPSA) is 12.4 Å². The second-order valence-electron chi connectivity index (χ2n) is 2.31. The lowest BCUT2D eigenvalue weighted by Crippen LogP contribution is -1.82. The van der Waals surface area contributed by atoms with Gasteiger partial charge in [-0.2, -0.15) is 0 Å². The van der Waals surface area contributed by atoms with Gasteiger partial charge in [0.1, 0.15) is 0 Å². The molecule has 1 heteroatoms. The molecule has 10 heavy (non-hydrogen) atoms. The lowest BCUT2D eigenvalue weighted by Gasteiger charge is -1.94. The predicted molar refractivity (Wildman–Crippen MR) is 47.4 cm³/mol. The van der Waals surface area contributed by atoms with E-state index < -0.39 is 0 Å². The molecule has 0 fully saturated rings. The SMILES string of the molecule is C=C/C=C(/CC)N=C(C)C. The molecule has 0 heterocycles. The van der Waals surface area contributed by atoms with Gasteiger partial charge < -0.3 is 0 Å². The highest BCUT2D eigenvalue weighted by atomic mass is 14.7. The van der Waals surface area contributed by atoms with Crippen molar-refractivity contribution in [2.24, 2.45) is 4.99 Å². The first kappa shape index (κ1) is 9.15. The van der Waals surface area contributed by atoms with Gasteiger partial charge in [-0.15, -0.1) is 0 Å². The van der Waals surface area contributed by atoms with Crippen LogP contribution in [0, 0.1) is 0 Å². The summed E-state index contributed by atoms with van der Waals surface area (Å²) in [4.78, 5) is 4.29. The summed E-state index contributed by atoms with van der Waals surface area (Å²) in [5.41, 5.74) is 2.19. The molecule has 56 valence electrons. The summed E-state index contributed by atoms with van der Waals surface area (Å²) in [6.07, 6.45) is 4.68. The first-order valence-electron chi connectivity index (χ1n) is 3.54. The van der Waals surface area contributed by atoms with Gasteiger partial charge in [0, 0.05) is 11.4 Å². The van der Waals surface area contributed by atoms with Crippen molar-refractivity contribution >= 4 is 5.71 Å². The average molecular weight is 137 g/mol. The molecule has 0 aliphatic carbocycles. The second-order valence-corrected chi connectivity index (χ2v) is 2.31. The molecule has 0 N–H and O–H groups in total. The fraction of sp³-hybridized carbons (Fsp3) is 0.444. The quantitative estimate of drug-likeness (QED) is 0.419. The van der Waals surface area contributed by atoms with E-state index in [0.717, 1.165) is 17.8 Å². The third-order valence-corrected chi connectivity index (χ3v) is 1.04. The first-order valence-corrected chi connectivity index (χ1v) is 3.54. The summed E-state index contributed by atoms with van der Waals surface area (Å²) in [6, 6.07) is 0. The van der Waals surface area contributed by atoms with Crippen LogP contribution in [0.3, 0.4) is 0 Å². The van der Waals surface area contributed by atoms with Crippen LogP contribution in [-0.2, 0) is 0 Å². The van der Waals surface area contributed by atoms with Gasteiger partial charge in [-0.25, -0.2) is 0 Å². The monoisotopic (exact) mass is 137 g/mol. The summed E-state index contributed by atoms with van der Waals surface area (Å²) in [5.74, 6) is 0. The van der Waals surface area contributed by atoms with Crippen LogP contribution in [-0.4, -0.2) is 5.71 Å². The molecule has 0 aromatic carbocycles. The summed E-state index contributed by atoms with van der Waals surface area (Å²) < 4.78 is 0. The van der Waals surface area contributed by atoms with Crippen molar-refractivity contribution in [3.63, 3.8) is 0 Å². The van der Waals surface area contributed by atoms with Crippen molar-refractivity contribution < 1.29 is 0 Å². The van der Waals surface area contributed by atoms with E-state index in [1.54, 1.807) is 6.08 Å². The van der Waals surface area contributed by atoms with Crippen molar-refractivity contribution in [1.29, 1.82) is 0 Å². The van der Waals surface area contributed by atoms with E-state index in [4.69, 9.17) is 0 Å². The maximum absolute atomic E-state index is 4.29. The molecule has 1 nitrogen and oxygen atoms in total.